The minimum absolute atomic E-state index is 0.0867. The summed E-state index contributed by atoms with van der Waals surface area (Å²) in [7, 11) is 0. The maximum atomic E-state index is 11.9. The molecule has 106 valence electrons. The molecule has 0 atom stereocenters. The first-order valence-corrected chi connectivity index (χ1v) is 6.72. The van der Waals surface area contributed by atoms with Gasteiger partial charge in [0.2, 0.25) is 0 Å². The number of benzene rings is 1. The molecule has 0 spiro atoms. The summed E-state index contributed by atoms with van der Waals surface area (Å²) in [5, 5.41) is 13.2. The molecule has 2 aromatic heterocycles. The van der Waals surface area contributed by atoms with Gasteiger partial charge in [-0.15, -0.1) is 0 Å². The molecule has 0 saturated heterocycles. The fourth-order valence-corrected chi connectivity index (χ4v) is 2.26. The molecule has 0 bridgehead atoms. The highest BCUT2D eigenvalue weighted by Crippen LogP contribution is 2.20. The van der Waals surface area contributed by atoms with E-state index in [0.717, 1.165) is 16.6 Å². The maximum Gasteiger partial charge on any atom is 0.251 e. The van der Waals surface area contributed by atoms with Crippen LogP contribution in [0.1, 0.15) is 15.9 Å². The number of amides is 1. The number of pyridine rings is 1. The first kappa shape index (κ1) is 13.2. The summed E-state index contributed by atoms with van der Waals surface area (Å²) in [5.41, 5.74) is 2.40. The minimum atomic E-state index is -0.0867. The largest absolute Gasteiger partial charge is 0.506 e. The fraction of sp³-hybridized carbons (Fsp3) is 0.125. The van der Waals surface area contributed by atoms with Gasteiger partial charge in [-0.3, -0.25) is 4.79 Å². The smallest absolute Gasteiger partial charge is 0.251 e. The topological polar surface area (TPSA) is 78.0 Å². The van der Waals surface area contributed by atoms with E-state index in [1.165, 1.54) is 6.20 Å². The zero-order chi connectivity index (χ0) is 14.7. The number of aromatic hydroxyl groups is 1. The number of hydrogen-bond donors (Lipinski definition) is 3. The molecule has 5 nitrogen and oxygen atoms in total. The van der Waals surface area contributed by atoms with Crippen LogP contribution in [-0.4, -0.2) is 27.5 Å². The molecule has 0 aliphatic rings. The van der Waals surface area contributed by atoms with Gasteiger partial charge in [-0.25, -0.2) is 4.98 Å². The van der Waals surface area contributed by atoms with E-state index in [1.807, 2.05) is 24.4 Å². The molecule has 3 aromatic rings. The van der Waals surface area contributed by atoms with Crippen molar-refractivity contribution in [3.63, 3.8) is 0 Å². The molecular formula is C16H15N3O2. The van der Waals surface area contributed by atoms with Crippen LogP contribution >= 0.6 is 0 Å². The number of nitrogens with one attached hydrogen (secondary N) is 2. The first-order valence-electron chi connectivity index (χ1n) is 6.72. The van der Waals surface area contributed by atoms with Crippen molar-refractivity contribution in [1.29, 1.82) is 0 Å². The van der Waals surface area contributed by atoms with Gasteiger partial charge in [-0.1, -0.05) is 18.2 Å². The van der Waals surface area contributed by atoms with Crippen molar-refractivity contribution in [1.82, 2.24) is 15.3 Å². The number of H-pyrrole nitrogens is 1. The van der Waals surface area contributed by atoms with Crippen molar-refractivity contribution in [3.05, 3.63) is 59.9 Å². The number of aromatic nitrogens is 2. The van der Waals surface area contributed by atoms with Crippen molar-refractivity contribution in [2.24, 2.45) is 0 Å². The molecule has 0 saturated carbocycles. The lowest BCUT2D eigenvalue weighted by Crippen LogP contribution is -2.25. The second-order valence-electron chi connectivity index (χ2n) is 4.78. The Hall–Kier alpha value is -2.82. The highest BCUT2D eigenvalue weighted by molar-refractivity contribution is 5.94. The van der Waals surface area contributed by atoms with Gasteiger partial charge in [0.1, 0.15) is 11.4 Å². The molecule has 2 heterocycles. The second kappa shape index (κ2) is 5.66. The Morgan fingerprint density at radius 1 is 1.29 bits per heavy atom. The van der Waals surface area contributed by atoms with E-state index in [0.29, 0.717) is 18.5 Å². The van der Waals surface area contributed by atoms with Crippen molar-refractivity contribution in [3.8, 4) is 5.75 Å². The molecule has 3 rings (SSSR count). The second-order valence-corrected chi connectivity index (χ2v) is 4.78. The van der Waals surface area contributed by atoms with E-state index in [2.05, 4.69) is 15.3 Å². The van der Waals surface area contributed by atoms with Crippen LogP contribution in [0.5, 0.6) is 5.75 Å². The van der Waals surface area contributed by atoms with Gasteiger partial charge in [0.25, 0.3) is 5.91 Å². The normalized spacial score (nSPS) is 10.7. The summed E-state index contributed by atoms with van der Waals surface area (Å²) < 4.78 is 0. The Morgan fingerprint density at radius 3 is 2.90 bits per heavy atom. The van der Waals surface area contributed by atoms with Gasteiger partial charge >= 0.3 is 0 Å². The summed E-state index contributed by atoms with van der Waals surface area (Å²) in [4.78, 5) is 19.1. The van der Waals surface area contributed by atoms with Crippen LogP contribution in [0.15, 0.2) is 48.8 Å². The van der Waals surface area contributed by atoms with Crippen molar-refractivity contribution in [2.75, 3.05) is 6.54 Å². The Morgan fingerprint density at radius 2 is 2.10 bits per heavy atom. The Bertz CT molecular complexity index is 766. The van der Waals surface area contributed by atoms with E-state index < -0.39 is 0 Å². The highest BCUT2D eigenvalue weighted by atomic mass is 16.3. The Kier molecular flexibility index (Phi) is 3.55. The van der Waals surface area contributed by atoms with E-state index in [4.69, 9.17) is 0 Å². The number of nitrogens with zero attached hydrogens (tertiary/aromatic N) is 1. The third kappa shape index (κ3) is 2.86. The van der Waals surface area contributed by atoms with Crippen molar-refractivity contribution < 1.29 is 9.90 Å². The number of carbonyl (C=O) groups is 1. The molecule has 5 heteroatoms. The SMILES string of the molecule is O=C(NCCc1c[nH]c2ncc(O)cc12)c1ccccc1. The number of carbonyl (C=O) groups excluding carboxylic acids is 1. The summed E-state index contributed by atoms with van der Waals surface area (Å²) in [6, 6.07) is 10.8. The highest BCUT2D eigenvalue weighted by Gasteiger charge is 2.07. The molecule has 21 heavy (non-hydrogen) atoms. The lowest BCUT2D eigenvalue weighted by molar-refractivity contribution is 0.0954. The van der Waals surface area contributed by atoms with E-state index >= 15 is 0 Å². The Balaban J connectivity index is 1.65. The number of rotatable bonds is 4. The van der Waals surface area contributed by atoms with Crippen LogP contribution in [0, 0.1) is 0 Å². The summed E-state index contributed by atoms with van der Waals surface area (Å²) in [6.45, 7) is 0.524. The van der Waals surface area contributed by atoms with E-state index in [1.54, 1.807) is 18.2 Å². The first-order chi connectivity index (χ1) is 10.2. The Labute approximate surface area is 121 Å². The average molecular weight is 281 g/mol. The maximum absolute atomic E-state index is 11.9. The predicted octanol–water partition coefficient (Wildman–Crippen LogP) is 2.24. The van der Waals surface area contributed by atoms with E-state index in [-0.39, 0.29) is 11.7 Å². The van der Waals surface area contributed by atoms with Gasteiger partial charge < -0.3 is 15.4 Å². The summed E-state index contributed by atoms with van der Waals surface area (Å²) in [6.07, 6.45) is 3.93. The zero-order valence-electron chi connectivity index (χ0n) is 11.3. The molecule has 0 fully saturated rings. The molecule has 1 aromatic carbocycles. The van der Waals surface area contributed by atoms with Crippen LogP contribution in [0.2, 0.25) is 0 Å². The van der Waals surface area contributed by atoms with Crippen molar-refractivity contribution in [2.45, 2.75) is 6.42 Å². The molecule has 0 unspecified atom stereocenters. The molecule has 1 amide bonds. The minimum Gasteiger partial charge on any atom is -0.506 e. The predicted molar refractivity (Wildman–Crippen MR) is 80.2 cm³/mol. The molecule has 0 aliphatic heterocycles. The van der Waals surface area contributed by atoms with Gasteiger partial charge in [-0.2, -0.15) is 0 Å². The van der Waals surface area contributed by atoms with Crippen LogP contribution in [0.3, 0.4) is 0 Å². The quantitative estimate of drug-likeness (QED) is 0.686. The number of fused-ring (bicyclic) bond motifs is 1. The van der Waals surface area contributed by atoms with Crippen LogP contribution < -0.4 is 5.32 Å². The number of aromatic amines is 1. The molecule has 0 radical (unpaired) electrons. The third-order valence-corrected chi connectivity index (χ3v) is 3.32. The lowest BCUT2D eigenvalue weighted by Gasteiger charge is -2.04. The van der Waals surface area contributed by atoms with Gasteiger partial charge in [0.15, 0.2) is 0 Å². The molecular weight excluding hydrogens is 266 g/mol. The van der Waals surface area contributed by atoms with Crippen LogP contribution in [0.4, 0.5) is 0 Å². The number of hydrogen-bond acceptors (Lipinski definition) is 3. The van der Waals surface area contributed by atoms with E-state index in [9.17, 15) is 9.90 Å². The zero-order valence-corrected chi connectivity index (χ0v) is 11.3. The van der Waals surface area contributed by atoms with Crippen LogP contribution in [-0.2, 0) is 6.42 Å². The van der Waals surface area contributed by atoms with Gasteiger partial charge in [-0.05, 0) is 30.2 Å². The van der Waals surface area contributed by atoms with Gasteiger partial charge in [0.05, 0.1) is 6.20 Å². The summed E-state index contributed by atoms with van der Waals surface area (Å²) in [5.74, 6) is 0.0492. The fourth-order valence-electron chi connectivity index (χ4n) is 2.26. The van der Waals surface area contributed by atoms with Crippen molar-refractivity contribution >= 4 is 16.9 Å². The average Bonchev–Trinajstić information content (AvgIpc) is 2.90. The third-order valence-electron chi connectivity index (χ3n) is 3.32. The van der Waals surface area contributed by atoms with Gasteiger partial charge in [0, 0.05) is 23.7 Å². The summed E-state index contributed by atoms with van der Waals surface area (Å²) >= 11 is 0. The monoisotopic (exact) mass is 281 g/mol. The molecule has 0 aliphatic carbocycles. The lowest BCUT2D eigenvalue weighted by atomic mass is 10.1. The standard InChI is InChI=1S/C16H15N3O2/c20-13-8-14-12(9-18-15(14)19-10-13)6-7-17-16(21)11-4-2-1-3-5-11/h1-5,8-10,20H,6-7H2,(H,17,21)(H,18,19). The molecule has 3 N–H and O–H groups in total. The van der Waals surface area contributed by atoms with Crippen LogP contribution in [0.25, 0.3) is 11.0 Å².